The molecule has 0 radical (unpaired) electrons. The highest BCUT2D eigenvalue weighted by molar-refractivity contribution is 9.10. The van der Waals surface area contributed by atoms with Gasteiger partial charge in [0.05, 0.1) is 12.7 Å². The Bertz CT molecular complexity index is 374. The van der Waals surface area contributed by atoms with Crippen molar-refractivity contribution in [3.8, 4) is 5.75 Å². The molecule has 1 rings (SSSR count). The van der Waals surface area contributed by atoms with Crippen LogP contribution in [0.5, 0.6) is 5.75 Å². The number of benzene rings is 1. The van der Waals surface area contributed by atoms with Gasteiger partial charge in [0, 0.05) is 30.2 Å². The highest BCUT2D eigenvalue weighted by Crippen LogP contribution is 2.23. The van der Waals surface area contributed by atoms with Crippen LogP contribution in [-0.2, 0) is 11.3 Å². The van der Waals surface area contributed by atoms with E-state index in [1.165, 1.54) is 0 Å². The van der Waals surface area contributed by atoms with Crippen molar-refractivity contribution >= 4 is 15.9 Å². The largest absolute Gasteiger partial charge is 0.491 e. The molecule has 0 aliphatic carbocycles. The van der Waals surface area contributed by atoms with E-state index in [0.29, 0.717) is 26.2 Å². The molecule has 0 spiro atoms. The SMILES string of the molecule is CCC(O)COc1ccc(Br)cc1CNCCOC. The first-order valence-corrected chi connectivity index (χ1v) is 7.25. The predicted molar refractivity (Wildman–Crippen MR) is 79.5 cm³/mol. The molecule has 2 N–H and O–H groups in total. The molecule has 4 nitrogen and oxygen atoms in total. The van der Waals surface area contributed by atoms with Crippen molar-refractivity contribution in [2.24, 2.45) is 0 Å². The van der Waals surface area contributed by atoms with Crippen LogP contribution in [-0.4, -0.2) is 38.1 Å². The Morgan fingerprint density at radius 1 is 1.42 bits per heavy atom. The number of aliphatic hydroxyl groups excluding tert-OH is 1. The van der Waals surface area contributed by atoms with E-state index in [1.807, 2.05) is 25.1 Å². The highest BCUT2D eigenvalue weighted by Gasteiger charge is 2.07. The number of aliphatic hydroxyl groups is 1. The molecule has 5 heteroatoms. The molecule has 1 atom stereocenters. The second-order valence-corrected chi connectivity index (χ2v) is 5.21. The molecule has 19 heavy (non-hydrogen) atoms. The molecule has 0 amide bonds. The number of ether oxygens (including phenoxy) is 2. The fraction of sp³-hybridized carbons (Fsp3) is 0.571. The number of nitrogens with one attached hydrogen (secondary N) is 1. The lowest BCUT2D eigenvalue weighted by atomic mass is 10.2. The van der Waals surface area contributed by atoms with Gasteiger partial charge in [0.25, 0.3) is 0 Å². The summed E-state index contributed by atoms with van der Waals surface area (Å²) < 4.78 is 11.7. The molecular formula is C14H22BrNO3. The van der Waals surface area contributed by atoms with Gasteiger partial charge in [-0.2, -0.15) is 0 Å². The molecule has 1 aromatic carbocycles. The minimum absolute atomic E-state index is 0.323. The Morgan fingerprint density at radius 2 is 2.21 bits per heavy atom. The van der Waals surface area contributed by atoms with Crippen molar-refractivity contribution in [3.63, 3.8) is 0 Å². The lowest BCUT2D eigenvalue weighted by Crippen LogP contribution is -2.20. The second-order valence-electron chi connectivity index (χ2n) is 4.29. The van der Waals surface area contributed by atoms with Gasteiger partial charge in [0.15, 0.2) is 0 Å². The molecule has 0 heterocycles. The van der Waals surface area contributed by atoms with Crippen molar-refractivity contribution in [2.45, 2.75) is 26.0 Å². The third-order valence-corrected chi connectivity index (χ3v) is 3.22. The zero-order valence-electron chi connectivity index (χ0n) is 11.5. The Hall–Kier alpha value is -0.620. The van der Waals surface area contributed by atoms with E-state index in [-0.39, 0.29) is 0 Å². The van der Waals surface area contributed by atoms with Crippen molar-refractivity contribution < 1.29 is 14.6 Å². The van der Waals surface area contributed by atoms with E-state index in [1.54, 1.807) is 7.11 Å². The van der Waals surface area contributed by atoms with Gasteiger partial charge in [-0.3, -0.25) is 0 Å². The van der Waals surface area contributed by atoms with Crippen LogP contribution in [0, 0.1) is 0 Å². The minimum Gasteiger partial charge on any atom is -0.491 e. The van der Waals surface area contributed by atoms with Crippen molar-refractivity contribution in [1.29, 1.82) is 0 Å². The average molecular weight is 332 g/mol. The van der Waals surface area contributed by atoms with Crippen molar-refractivity contribution in [2.75, 3.05) is 26.9 Å². The summed E-state index contributed by atoms with van der Waals surface area (Å²) >= 11 is 3.46. The maximum absolute atomic E-state index is 9.54. The average Bonchev–Trinajstić information content (AvgIpc) is 2.42. The van der Waals surface area contributed by atoms with E-state index in [9.17, 15) is 5.11 Å². The first-order chi connectivity index (χ1) is 9.17. The second kappa shape index (κ2) is 9.31. The molecule has 0 aliphatic heterocycles. The molecule has 0 aliphatic rings. The Morgan fingerprint density at radius 3 is 2.89 bits per heavy atom. The van der Waals surface area contributed by atoms with Crippen LogP contribution < -0.4 is 10.1 Å². The summed E-state index contributed by atoms with van der Waals surface area (Å²) in [5.41, 5.74) is 1.06. The highest BCUT2D eigenvalue weighted by atomic mass is 79.9. The fourth-order valence-corrected chi connectivity index (χ4v) is 1.94. The summed E-state index contributed by atoms with van der Waals surface area (Å²) in [4.78, 5) is 0. The zero-order valence-corrected chi connectivity index (χ0v) is 13.1. The van der Waals surface area contributed by atoms with Crippen LogP contribution in [0.4, 0.5) is 0 Å². The monoisotopic (exact) mass is 331 g/mol. The number of methoxy groups -OCH3 is 1. The summed E-state index contributed by atoms with van der Waals surface area (Å²) in [5, 5.41) is 12.8. The molecule has 108 valence electrons. The van der Waals surface area contributed by atoms with E-state index in [4.69, 9.17) is 9.47 Å². The van der Waals surface area contributed by atoms with E-state index < -0.39 is 6.10 Å². The molecule has 1 aromatic rings. The number of hydrogen-bond donors (Lipinski definition) is 2. The topological polar surface area (TPSA) is 50.7 Å². The Balaban J connectivity index is 2.58. The minimum atomic E-state index is -0.419. The molecule has 0 fully saturated rings. The third kappa shape index (κ3) is 6.38. The van der Waals surface area contributed by atoms with Crippen molar-refractivity contribution in [3.05, 3.63) is 28.2 Å². The van der Waals surface area contributed by atoms with E-state index in [0.717, 1.165) is 22.3 Å². The van der Waals surface area contributed by atoms with Crippen LogP contribution in [0.3, 0.4) is 0 Å². The van der Waals surface area contributed by atoms with Gasteiger partial charge >= 0.3 is 0 Å². The van der Waals surface area contributed by atoms with Crippen LogP contribution >= 0.6 is 15.9 Å². The fourth-order valence-electron chi connectivity index (χ4n) is 1.53. The smallest absolute Gasteiger partial charge is 0.124 e. The molecular weight excluding hydrogens is 310 g/mol. The maximum atomic E-state index is 9.54. The van der Waals surface area contributed by atoms with Crippen molar-refractivity contribution in [1.82, 2.24) is 5.32 Å². The van der Waals surface area contributed by atoms with E-state index >= 15 is 0 Å². The maximum Gasteiger partial charge on any atom is 0.124 e. The van der Waals surface area contributed by atoms with Crippen LogP contribution in [0.1, 0.15) is 18.9 Å². The van der Waals surface area contributed by atoms with Crippen LogP contribution in [0.2, 0.25) is 0 Å². The standard InChI is InChI=1S/C14H22BrNO3/c1-3-13(17)10-19-14-5-4-12(15)8-11(14)9-16-6-7-18-2/h4-5,8,13,16-17H,3,6-7,9-10H2,1-2H3. The summed E-state index contributed by atoms with van der Waals surface area (Å²) in [7, 11) is 1.68. The van der Waals surface area contributed by atoms with Gasteiger partial charge in [-0.15, -0.1) is 0 Å². The van der Waals surface area contributed by atoms with Crippen LogP contribution in [0.15, 0.2) is 22.7 Å². The molecule has 0 saturated heterocycles. The lowest BCUT2D eigenvalue weighted by Gasteiger charge is -2.15. The van der Waals surface area contributed by atoms with Gasteiger partial charge in [-0.05, 0) is 24.6 Å². The van der Waals surface area contributed by atoms with Gasteiger partial charge in [0.1, 0.15) is 12.4 Å². The molecule has 1 unspecified atom stereocenters. The Kier molecular flexibility index (Phi) is 8.05. The van der Waals surface area contributed by atoms with Gasteiger partial charge in [-0.25, -0.2) is 0 Å². The summed E-state index contributed by atoms with van der Waals surface area (Å²) in [6.45, 7) is 4.44. The first kappa shape index (κ1) is 16.4. The first-order valence-electron chi connectivity index (χ1n) is 6.46. The molecule has 0 aromatic heterocycles. The summed E-state index contributed by atoms with van der Waals surface area (Å²) in [5.74, 6) is 0.806. The Labute approximate surface area is 123 Å². The third-order valence-electron chi connectivity index (χ3n) is 2.72. The van der Waals surface area contributed by atoms with Crippen LogP contribution in [0.25, 0.3) is 0 Å². The molecule has 0 saturated carbocycles. The van der Waals surface area contributed by atoms with Gasteiger partial charge in [0.2, 0.25) is 0 Å². The number of rotatable bonds is 9. The zero-order chi connectivity index (χ0) is 14.1. The lowest BCUT2D eigenvalue weighted by molar-refractivity contribution is 0.104. The number of hydrogen-bond acceptors (Lipinski definition) is 4. The quantitative estimate of drug-likeness (QED) is 0.682. The van der Waals surface area contributed by atoms with Gasteiger partial charge in [-0.1, -0.05) is 22.9 Å². The van der Waals surface area contributed by atoms with E-state index in [2.05, 4.69) is 21.2 Å². The van der Waals surface area contributed by atoms with Gasteiger partial charge < -0.3 is 19.9 Å². The predicted octanol–water partition coefficient (Wildman–Crippen LogP) is 2.33. The summed E-state index contributed by atoms with van der Waals surface area (Å²) in [6.07, 6.45) is 0.274. The number of halogens is 1. The molecule has 0 bridgehead atoms. The summed E-state index contributed by atoms with van der Waals surface area (Å²) in [6, 6.07) is 5.87. The normalized spacial score (nSPS) is 12.4.